The van der Waals surface area contributed by atoms with Crippen LogP contribution in [0.15, 0.2) is 22.8 Å². The summed E-state index contributed by atoms with van der Waals surface area (Å²) in [6.45, 7) is 6.56. The van der Waals surface area contributed by atoms with Crippen LogP contribution < -0.4 is 10.6 Å². The van der Waals surface area contributed by atoms with E-state index in [2.05, 4.69) is 15.5 Å². The molecule has 128 valence electrons. The molecule has 1 aliphatic rings. The van der Waals surface area contributed by atoms with E-state index in [0.717, 1.165) is 13.1 Å². The Morgan fingerprint density at radius 3 is 2.83 bits per heavy atom. The van der Waals surface area contributed by atoms with E-state index in [0.29, 0.717) is 13.2 Å². The molecule has 1 aromatic heterocycles. The number of carbonyl (C=O) groups is 2. The molecule has 0 aromatic carbocycles. The number of hydrogen-bond donors (Lipinski definition) is 2. The van der Waals surface area contributed by atoms with Gasteiger partial charge < -0.3 is 24.7 Å². The van der Waals surface area contributed by atoms with E-state index < -0.39 is 11.9 Å². The molecule has 7 heteroatoms. The van der Waals surface area contributed by atoms with Gasteiger partial charge in [0.05, 0.1) is 19.0 Å². The molecule has 1 aromatic rings. The van der Waals surface area contributed by atoms with Crippen molar-refractivity contribution >= 4 is 11.8 Å². The third kappa shape index (κ3) is 5.07. The summed E-state index contributed by atoms with van der Waals surface area (Å²) in [6.07, 6.45) is 1.40. The van der Waals surface area contributed by atoms with E-state index in [4.69, 9.17) is 9.15 Å². The van der Waals surface area contributed by atoms with Gasteiger partial charge in [-0.25, -0.2) is 0 Å². The van der Waals surface area contributed by atoms with Crippen LogP contribution in [0.2, 0.25) is 0 Å². The predicted molar refractivity (Wildman–Crippen MR) is 85.0 cm³/mol. The van der Waals surface area contributed by atoms with E-state index in [1.165, 1.54) is 6.26 Å². The second kappa shape index (κ2) is 8.12. The Bertz CT molecular complexity index is 515. The van der Waals surface area contributed by atoms with E-state index in [-0.39, 0.29) is 23.7 Å². The van der Waals surface area contributed by atoms with Crippen molar-refractivity contribution in [1.29, 1.82) is 0 Å². The van der Waals surface area contributed by atoms with Crippen molar-refractivity contribution in [3.05, 3.63) is 24.2 Å². The van der Waals surface area contributed by atoms with Gasteiger partial charge in [0.25, 0.3) is 5.91 Å². The van der Waals surface area contributed by atoms with Crippen molar-refractivity contribution in [2.24, 2.45) is 5.92 Å². The molecule has 0 radical (unpaired) electrons. The number of rotatable bonds is 6. The zero-order valence-corrected chi connectivity index (χ0v) is 13.9. The molecule has 2 amide bonds. The molecule has 2 rings (SSSR count). The second-order valence-electron chi connectivity index (χ2n) is 6.17. The summed E-state index contributed by atoms with van der Waals surface area (Å²) >= 11 is 0. The molecule has 2 N–H and O–H groups in total. The second-order valence-corrected chi connectivity index (χ2v) is 6.17. The molecule has 2 atom stereocenters. The highest BCUT2D eigenvalue weighted by Crippen LogP contribution is 2.07. The standard InChI is InChI=1S/C16H25N3O4/c1-11(2)14(18-15(20)13-5-4-7-23-13)16(21)17-9-12-10-19(3)6-8-22-12/h4-5,7,11-12,14H,6,8-10H2,1-3H3,(H,17,21)(H,18,20). The molecule has 2 heterocycles. The minimum absolute atomic E-state index is 0.0220. The number of nitrogens with one attached hydrogen (secondary N) is 2. The van der Waals surface area contributed by atoms with Gasteiger partial charge in [-0.1, -0.05) is 13.8 Å². The van der Waals surface area contributed by atoms with Crippen LogP contribution >= 0.6 is 0 Å². The zero-order valence-electron chi connectivity index (χ0n) is 13.9. The van der Waals surface area contributed by atoms with Crippen LogP contribution in [-0.4, -0.2) is 62.1 Å². The fourth-order valence-corrected chi connectivity index (χ4v) is 2.47. The number of likely N-dealkylation sites (N-methyl/N-ethyl adjacent to an activating group) is 1. The molecule has 1 fully saturated rings. The Hall–Kier alpha value is -1.86. The van der Waals surface area contributed by atoms with Crippen LogP contribution in [-0.2, 0) is 9.53 Å². The first kappa shape index (κ1) is 17.5. The maximum atomic E-state index is 12.4. The average Bonchev–Trinajstić information content (AvgIpc) is 3.04. The topological polar surface area (TPSA) is 83.8 Å². The molecule has 1 aliphatic heterocycles. The Kier molecular flexibility index (Phi) is 6.18. The van der Waals surface area contributed by atoms with Gasteiger partial charge in [0.15, 0.2) is 5.76 Å². The highest BCUT2D eigenvalue weighted by molar-refractivity contribution is 5.95. The van der Waals surface area contributed by atoms with Gasteiger partial charge in [-0.2, -0.15) is 0 Å². The number of furan rings is 1. The summed E-state index contributed by atoms with van der Waals surface area (Å²) in [5.74, 6) is -0.446. The molecule has 1 saturated heterocycles. The lowest BCUT2D eigenvalue weighted by molar-refractivity contribution is -0.125. The fourth-order valence-electron chi connectivity index (χ4n) is 2.47. The van der Waals surface area contributed by atoms with Gasteiger partial charge in [0.1, 0.15) is 6.04 Å². The predicted octanol–water partition coefficient (Wildman–Crippen LogP) is 0.481. The largest absolute Gasteiger partial charge is 0.459 e. The summed E-state index contributed by atoms with van der Waals surface area (Å²) in [6, 6.07) is 2.58. The summed E-state index contributed by atoms with van der Waals surface area (Å²) in [5.41, 5.74) is 0. The summed E-state index contributed by atoms with van der Waals surface area (Å²) in [7, 11) is 2.03. The van der Waals surface area contributed by atoms with Crippen molar-refractivity contribution in [3.8, 4) is 0 Å². The van der Waals surface area contributed by atoms with Crippen LogP contribution in [0.4, 0.5) is 0 Å². The van der Waals surface area contributed by atoms with Gasteiger partial charge in [-0.15, -0.1) is 0 Å². The highest BCUT2D eigenvalue weighted by atomic mass is 16.5. The zero-order chi connectivity index (χ0) is 16.8. The van der Waals surface area contributed by atoms with Crippen LogP contribution in [0, 0.1) is 5.92 Å². The minimum Gasteiger partial charge on any atom is -0.459 e. The molecule has 0 saturated carbocycles. The Morgan fingerprint density at radius 1 is 1.43 bits per heavy atom. The lowest BCUT2D eigenvalue weighted by atomic mass is 10.0. The molecule has 23 heavy (non-hydrogen) atoms. The van der Waals surface area contributed by atoms with Crippen molar-refractivity contribution in [1.82, 2.24) is 15.5 Å². The molecule has 2 unspecified atom stereocenters. The Labute approximate surface area is 136 Å². The Morgan fingerprint density at radius 2 is 2.22 bits per heavy atom. The molecule has 7 nitrogen and oxygen atoms in total. The van der Waals surface area contributed by atoms with Crippen molar-refractivity contribution in [2.75, 3.05) is 33.3 Å². The number of ether oxygens (including phenoxy) is 1. The lowest BCUT2D eigenvalue weighted by Gasteiger charge is -2.30. The van der Waals surface area contributed by atoms with Crippen LogP contribution in [0.25, 0.3) is 0 Å². The quantitative estimate of drug-likeness (QED) is 0.795. The number of amides is 2. The minimum atomic E-state index is -0.617. The number of carbonyl (C=O) groups excluding carboxylic acids is 2. The Balaban J connectivity index is 1.86. The van der Waals surface area contributed by atoms with Crippen LogP contribution in [0.5, 0.6) is 0 Å². The van der Waals surface area contributed by atoms with Gasteiger partial charge in [0.2, 0.25) is 5.91 Å². The number of hydrogen-bond acceptors (Lipinski definition) is 5. The highest BCUT2D eigenvalue weighted by Gasteiger charge is 2.26. The van der Waals surface area contributed by atoms with Crippen molar-refractivity contribution in [2.45, 2.75) is 26.0 Å². The lowest BCUT2D eigenvalue weighted by Crippen LogP contribution is -2.53. The van der Waals surface area contributed by atoms with Gasteiger partial charge >= 0.3 is 0 Å². The summed E-state index contributed by atoms with van der Waals surface area (Å²) < 4.78 is 10.7. The number of nitrogens with zero attached hydrogens (tertiary/aromatic N) is 1. The summed E-state index contributed by atoms with van der Waals surface area (Å²) in [5, 5.41) is 5.59. The fraction of sp³-hybridized carbons (Fsp3) is 0.625. The van der Waals surface area contributed by atoms with Crippen molar-refractivity contribution < 1.29 is 18.7 Å². The van der Waals surface area contributed by atoms with Gasteiger partial charge in [-0.05, 0) is 25.1 Å². The SMILES string of the molecule is CC(C)C(NC(=O)c1ccco1)C(=O)NCC1CN(C)CCO1. The summed E-state index contributed by atoms with van der Waals surface area (Å²) in [4.78, 5) is 26.6. The molecular formula is C16H25N3O4. The first-order valence-electron chi connectivity index (χ1n) is 7.89. The van der Waals surface area contributed by atoms with Crippen LogP contribution in [0.1, 0.15) is 24.4 Å². The average molecular weight is 323 g/mol. The first-order valence-corrected chi connectivity index (χ1v) is 7.89. The van der Waals surface area contributed by atoms with E-state index >= 15 is 0 Å². The monoisotopic (exact) mass is 323 g/mol. The molecule has 0 spiro atoms. The maximum absolute atomic E-state index is 12.4. The van der Waals surface area contributed by atoms with E-state index in [1.54, 1.807) is 12.1 Å². The maximum Gasteiger partial charge on any atom is 0.287 e. The molecular weight excluding hydrogens is 298 g/mol. The normalized spacial score (nSPS) is 20.3. The van der Waals surface area contributed by atoms with E-state index in [9.17, 15) is 9.59 Å². The van der Waals surface area contributed by atoms with Gasteiger partial charge in [-0.3, -0.25) is 9.59 Å². The van der Waals surface area contributed by atoms with Crippen LogP contribution in [0.3, 0.4) is 0 Å². The van der Waals surface area contributed by atoms with Gasteiger partial charge in [0, 0.05) is 19.6 Å². The molecule has 0 bridgehead atoms. The van der Waals surface area contributed by atoms with Crippen molar-refractivity contribution in [3.63, 3.8) is 0 Å². The molecule has 0 aliphatic carbocycles. The van der Waals surface area contributed by atoms with E-state index in [1.807, 2.05) is 20.9 Å². The third-order valence-corrected chi connectivity index (χ3v) is 3.83. The number of morpholine rings is 1. The third-order valence-electron chi connectivity index (χ3n) is 3.83. The first-order chi connectivity index (χ1) is 11.0. The smallest absolute Gasteiger partial charge is 0.287 e.